The monoisotopic (exact) mass is 312 g/mol. The van der Waals surface area contributed by atoms with E-state index in [1.54, 1.807) is 7.11 Å². The Morgan fingerprint density at radius 1 is 1.50 bits per heavy atom. The van der Waals surface area contributed by atoms with Gasteiger partial charge < -0.3 is 20.5 Å². The molecular weight excluding hydrogens is 284 g/mol. The van der Waals surface area contributed by atoms with Crippen LogP contribution >= 0.6 is 0 Å². The summed E-state index contributed by atoms with van der Waals surface area (Å²) in [6.45, 7) is 5.50. The number of hydrogen-bond acceptors (Lipinski definition) is 5. The average Bonchev–Trinajstić information content (AvgIpc) is 2.85. The molecule has 0 aliphatic heterocycles. The van der Waals surface area contributed by atoms with Crippen molar-refractivity contribution in [3.63, 3.8) is 0 Å². The van der Waals surface area contributed by atoms with E-state index in [1.807, 2.05) is 13.0 Å². The summed E-state index contributed by atoms with van der Waals surface area (Å²) >= 11 is 0. The number of nitrogens with two attached hydrogens (primary N) is 1. The van der Waals surface area contributed by atoms with E-state index in [0.717, 1.165) is 12.8 Å². The molecule has 0 radical (unpaired) electrons. The summed E-state index contributed by atoms with van der Waals surface area (Å²) in [5, 5.41) is 2.97. The van der Waals surface area contributed by atoms with Crippen LogP contribution in [0.3, 0.4) is 0 Å². The van der Waals surface area contributed by atoms with Gasteiger partial charge in [-0.05, 0) is 19.8 Å². The van der Waals surface area contributed by atoms with Gasteiger partial charge in [-0.15, -0.1) is 0 Å². The van der Waals surface area contributed by atoms with Gasteiger partial charge in [0.2, 0.25) is 5.91 Å². The summed E-state index contributed by atoms with van der Waals surface area (Å²) < 4.78 is 10.5. The number of carbonyl (C=O) groups excluding carboxylic acids is 2. The molecule has 0 aromatic rings. The number of methoxy groups -OCH3 is 2. The van der Waals surface area contributed by atoms with Crippen LogP contribution in [0.25, 0.3) is 0 Å². The second kappa shape index (κ2) is 7.74. The lowest BCUT2D eigenvalue weighted by atomic mass is 9.80. The van der Waals surface area contributed by atoms with Crippen LogP contribution in [-0.4, -0.2) is 43.8 Å². The number of esters is 1. The molecule has 6 heteroatoms. The molecule has 126 valence electrons. The zero-order valence-electron chi connectivity index (χ0n) is 14.1. The fourth-order valence-corrected chi connectivity index (χ4v) is 3.20. The van der Waals surface area contributed by atoms with Crippen LogP contribution in [0.4, 0.5) is 0 Å². The van der Waals surface area contributed by atoms with E-state index >= 15 is 0 Å². The first kappa shape index (κ1) is 18.6. The predicted octanol–water partition coefficient (Wildman–Crippen LogP) is 1.14. The summed E-state index contributed by atoms with van der Waals surface area (Å²) in [5.41, 5.74) is 6.23. The van der Waals surface area contributed by atoms with Crippen LogP contribution in [0.5, 0.6) is 0 Å². The SMILES string of the molecule is CCC[C@](C)(OC)[C@H](NC(C)=O)[C@@H]1C=C(C(=O)OC)C[C@H]1N. The predicted molar refractivity (Wildman–Crippen MR) is 84.1 cm³/mol. The van der Waals surface area contributed by atoms with Crippen LogP contribution in [0.15, 0.2) is 11.6 Å². The zero-order chi connectivity index (χ0) is 16.9. The quantitative estimate of drug-likeness (QED) is 0.688. The normalized spacial score (nSPS) is 25.1. The minimum atomic E-state index is -0.551. The molecule has 0 aromatic carbocycles. The Hall–Kier alpha value is -1.40. The zero-order valence-corrected chi connectivity index (χ0v) is 14.1. The molecule has 4 atom stereocenters. The highest BCUT2D eigenvalue weighted by Crippen LogP contribution is 2.34. The minimum absolute atomic E-state index is 0.142. The number of nitrogens with one attached hydrogen (secondary N) is 1. The van der Waals surface area contributed by atoms with Crippen molar-refractivity contribution in [2.45, 2.75) is 57.7 Å². The highest BCUT2D eigenvalue weighted by molar-refractivity contribution is 5.89. The summed E-state index contributed by atoms with van der Waals surface area (Å²) in [5.74, 6) is -0.680. The molecule has 0 aromatic heterocycles. The van der Waals surface area contributed by atoms with Crippen molar-refractivity contribution in [1.29, 1.82) is 0 Å². The van der Waals surface area contributed by atoms with Crippen molar-refractivity contribution < 1.29 is 19.1 Å². The molecule has 1 aliphatic carbocycles. The summed E-state index contributed by atoms with van der Waals surface area (Å²) in [7, 11) is 2.99. The molecule has 0 bridgehead atoms. The van der Waals surface area contributed by atoms with Crippen molar-refractivity contribution in [3.05, 3.63) is 11.6 Å². The van der Waals surface area contributed by atoms with E-state index in [-0.39, 0.29) is 29.9 Å². The summed E-state index contributed by atoms with van der Waals surface area (Å²) in [6, 6.07) is -0.551. The van der Waals surface area contributed by atoms with Gasteiger partial charge in [-0.25, -0.2) is 4.79 Å². The molecule has 1 aliphatic rings. The standard InChI is InChI=1S/C16H28N2O4/c1-6-7-16(3,22-5)14(18-10(2)19)12-8-11(9-13(12)17)15(20)21-4/h8,12-14H,6-7,9,17H2,1-5H3,(H,18,19)/t12-,13-,14-,16+/m1/s1. The first-order valence-electron chi connectivity index (χ1n) is 7.65. The second-order valence-corrected chi connectivity index (χ2v) is 6.07. The topological polar surface area (TPSA) is 90.6 Å². The maximum Gasteiger partial charge on any atom is 0.333 e. The van der Waals surface area contributed by atoms with Gasteiger partial charge in [0, 0.05) is 31.6 Å². The molecular formula is C16H28N2O4. The van der Waals surface area contributed by atoms with E-state index < -0.39 is 5.60 Å². The van der Waals surface area contributed by atoms with Crippen molar-refractivity contribution in [2.24, 2.45) is 11.7 Å². The summed E-state index contributed by atoms with van der Waals surface area (Å²) in [6.07, 6.45) is 3.96. The van der Waals surface area contributed by atoms with E-state index in [2.05, 4.69) is 12.2 Å². The highest BCUT2D eigenvalue weighted by atomic mass is 16.5. The van der Waals surface area contributed by atoms with Gasteiger partial charge in [0.05, 0.1) is 18.8 Å². The van der Waals surface area contributed by atoms with Gasteiger partial charge in [-0.1, -0.05) is 19.4 Å². The molecule has 1 amide bonds. The van der Waals surface area contributed by atoms with E-state index in [9.17, 15) is 9.59 Å². The van der Waals surface area contributed by atoms with Gasteiger partial charge >= 0.3 is 5.97 Å². The highest BCUT2D eigenvalue weighted by Gasteiger charge is 2.44. The number of hydrogen-bond donors (Lipinski definition) is 2. The third-order valence-corrected chi connectivity index (χ3v) is 4.41. The Kier molecular flexibility index (Phi) is 6.56. The third-order valence-electron chi connectivity index (χ3n) is 4.41. The first-order valence-corrected chi connectivity index (χ1v) is 7.65. The van der Waals surface area contributed by atoms with Gasteiger partial charge in [-0.2, -0.15) is 0 Å². The molecule has 3 N–H and O–H groups in total. The van der Waals surface area contributed by atoms with Crippen LogP contribution < -0.4 is 11.1 Å². The average molecular weight is 312 g/mol. The van der Waals surface area contributed by atoms with Gasteiger partial charge in [0.1, 0.15) is 0 Å². The lowest BCUT2D eigenvalue weighted by Gasteiger charge is -2.41. The Bertz CT molecular complexity index is 449. The molecule has 0 saturated carbocycles. The number of amides is 1. The molecule has 1 rings (SSSR count). The molecule has 0 fully saturated rings. The molecule has 0 spiro atoms. The fraction of sp³-hybridized carbons (Fsp3) is 0.750. The van der Waals surface area contributed by atoms with Crippen LogP contribution in [0, 0.1) is 5.92 Å². The fourth-order valence-electron chi connectivity index (χ4n) is 3.20. The Morgan fingerprint density at radius 2 is 2.14 bits per heavy atom. The number of rotatable bonds is 7. The van der Waals surface area contributed by atoms with E-state index in [0.29, 0.717) is 12.0 Å². The Morgan fingerprint density at radius 3 is 2.59 bits per heavy atom. The van der Waals surface area contributed by atoms with Crippen LogP contribution in [0.2, 0.25) is 0 Å². The van der Waals surface area contributed by atoms with E-state index in [1.165, 1.54) is 14.0 Å². The lowest BCUT2D eigenvalue weighted by molar-refractivity contribution is -0.136. The number of carbonyl (C=O) groups is 2. The summed E-state index contributed by atoms with van der Waals surface area (Å²) in [4.78, 5) is 23.4. The molecule has 0 saturated heterocycles. The van der Waals surface area contributed by atoms with Gasteiger partial charge in [0.25, 0.3) is 0 Å². The Balaban J connectivity index is 3.13. The van der Waals surface area contributed by atoms with E-state index in [4.69, 9.17) is 15.2 Å². The largest absolute Gasteiger partial charge is 0.466 e. The van der Waals surface area contributed by atoms with Crippen LogP contribution in [0.1, 0.15) is 40.0 Å². The minimum Gasteiger partial charge on any atom is -0.466 e. The Labute approximate surface area is 132 Å². The lowest BCUT2D eigenvalue weighted by Crippen LogP contribution is -2.58. The van der Waals surface area contributed by atoms with Crippen molar-refractivity contribution in [1.82, 2.24) is 5.32 Å². The molecule has 22 heavy (non-hydrogen) atoms. The van der Waals surface area contributed by atoms with Crippen molar-refractivity contribution >= 4 is 11.9 Å². The van der Waals surface area contributed by atoms with Gasteiger partial charge in [-0.3, -0.25) is 4.79 Å². The molecule has 0 unspecified atom stereocenters. The van der Waals surface area contributed by atoms with Crippen LogP contribution in [-0.2, 0) is 19.1 Å². The number of ether oxygens (including phenoxy) is 2. The molecule has 0 heterocycles. The third kappa shape index (κ3) is 4.08. The smallest absolute Gasteiger partial charge is 0.333 e. The van der Waals surface area contributed by atoms with Crippen molar-refractivity contribution in [2.75, 3.05) is 14.2 Å². The second-order valence-electron chi connectivity index (χ2n) is 6.07. The molecule has 6 nitrogen and oxygen atoms in total. The maximum atomic E-state index is 11.7. The maximum absolute atomic E-state index is 11.7. The first-order chi connectivity index (χ1) is 10.3. The van der Waals surface area contributed by atoms with Crippen molar-refractivity contribution in [3.8, 4) is 0 Å². The van der Waals surface area contributed by atoms with Gasteiger partial charge in [0.15, 0.2) is 0 Å².